The normalized spacial score (nSPS) is 11.6. The Hall–Kier alpha value is -0.300. The van der Waals surface area contributed by atoms with E-state index in [1.807, 2.05) is 67.8 Å². The highest BCUT2D eigenvalue weighted by Gasteiger charge is 2.31. The summed E-state index contributed by atoms with van der Waals surface area (Å²) >= 11 is 11.4. The maximum Gasteiger partial charge on any atom is 0.303 e. The average Bonchev–Trinajstić information content (AvgIpc) is 2.64. The van der Waals surface area contributed by atoms with Crippen LogP contribution in [0.5, 0.6) is 0 Å². The number of hydrogen-bond donors (Lipinski definition) is 2. The van der Waals surface area contributed by atoms with E-state index in [0.29, 0.717) is 10.7 Å². The molecule has 13 heteroatoms. The number of anilines is 1. The van der Waals surface area contributed by atoms with Crippen LogP contribution in [0.15, 0.2) is 0 Å². The Bertz CT molecular complexity index is 882. The van der Waals surface area contributed by atoms with Crippen molar-refractivity contribution in [2.24, 2.45) is 0 Å². The van der Waals surface area contributed by atoms with Gasteiger partial charge in [0.1, 0.15) is 0 Å². The molecule has 0 radical (unpaired) electrons. The number of halogens is 4. The van der Waals surface area contributed by atoms with Gasteiger partial charge in [0.05, 0.1) is 36.7 Å². The molecular weight excluding hydrogens is 760 g/mol. The van der Waals surface area contributed by atoms with E-state index >= 15 is 0 Å². The number of ether oxygens (including phenoxy) is 1. The average molecular weight is 779 g/mol. The van der Waals surface area contributed by atoms with Crippen LogP contribution >= 0.6 is 79.4 Å². The van der Waals surface area contributed by atoms with Gasteiger partial charge in [-0.15, -0.1) is 0 Å². The molecule has 9 nitrogen and oxygen atoms in total. The topological polar surface area (TPSA) is 124 Å². The zero-order valence-corrected chi connectivity index (χ0v) is 23.3. The number of amides is 2. The summed E-state index contributed by atoms with van der Waals surface area (Å²) in [4.78, 5) is 51.1. The summed E-state index contributed by atoms with van der Waals surface area (Å²) in [5.41, 5.74) is 0.437. The maximum atomic E-state index is 13.1. The number of aliphatic hydroxyl groups excluding tert-OH is 2. The van der Waals surface area contributed by atoms with E-state index in [4.69, 9.17) is 21.4 Å². The van der Waals surface area contributed by atoms with Crippen LogP contribution in [0.2, 0.25) is 0 Å². The first kappa shape index (κ1) is 27.7. The van der Waals surface area contributed by atoms with Gasteiger partial charge >= 0.3 is 5.97 Å². The second-order valence-corrected chi connectivity index (χ2v) is 9.65. The molecule has 0 aliphatic rings. The fourth-order valence-electron chi connectivity index (χ4n) is 2.34. The molecule has 0 bridgehead atoms. The summed E-state index contributed by atoms with van der Waals surface area (Å²) in [7, 11) is 2.86. The zero-order valence-electron chi connectivity index (χ0n) is 16.0. The minimum atomic E-state index is -1.14. The molecule has 2 amide bonds. The van der Waals surface area contributed by atoms with Crippen molar-refractivity contribution in [3.63, 3.8) is 0 Å². The van der Waals surface area contributed by atoms with Crippen LogP contribution in [0, 0.1) is 10.7 Å². The van der Waals surface area contributed by atoms with E-state index in [9.17, 15) is 24.3 Å². The summed E-state index contributed by atoms with van der Waals surface area (Å²) < 4.78 is 5.76. The predicted octanol–water partition coefficient (Wildman–Crippen LogP) is 1.83. The van der Waals surface area contributed by atoms with Crippen LogP contribution in [0.25, 0.3) is 0 Å². The van der Waals surface area contributed by atoms with Crippen molar-refractivity contribution in [1.29, 1.82) is 0 Å². The van der Waals surface area contributed by atoms with E-state index in [-0.39, 0.29) is 23.4 Å². The van der Waals surface area contributed by atoms with Crippen molar-refractivity contribution >= 4 is 108 Å². The lowest BCUT2D eigenvalue weighted by molar-refractivity contribution is -0.145. The lowest BCUT2D eigenvalue weighted by Crippen LogP contribution is -2.38. The summed E-state index contributed by atoms with van der Waals surface area (Å²) in [5.74, 6) is -1.73. The molecule has 2 N–H and O–H groups in total. The Morgan fingerprint density at radius 3 is 2.07 bits per heavy atom. The predicted molar refractivity (Wildman–Crippen MR) is 135 cm³/mol. The van der Waals surface area contributed by atoms with Crippen molar-refractivity contribution < 1.29 is 34.1 Å². The van der Waals surface area contributed by atoms with Gasteiger partial charge in [0.15, 0.2) is 6.61 Å². The van der Waals surface area contributed by atoms with Gasteiger partial charge in [-0.25, -0.2) is 0 Å². The van der Waals surface area contributed by atoms with Crippen molar-refractivity contribution in [2.75, 3.05) is 38.8 Å². The lowest BCUT2D eigenvalue weighted by atomic mass is 10.1. The smallest absolute Gasteiger partial charge is 0.303 e. The monoisotopic (exact) mass is 778 g/mol. The Kier molecular flexibility index (Phi) is 11.2. The molecule has 0 aliphatic carbocycles. The van der Waals surface area contributed by atoms with E-state index in [2.05, 4.69) is 0 Å². The van der Waals surface area contributed by atoms with Gasteiger partial charge in [-0.05, 0) is 79.4 Å². The minimum Gasteiger partial charge on any atom is -0.456 e. The molecule has 166 valence electrons. The summed E-state index contributed by atoms with van der Waals surface area (Å²) in [6.07, 6.45) is -1.14. The van der Waals surface area contributed by atoms with Gasteiger partial charge in [-0.1, -0.05) is 0 Å². The molecule has 1 atom stereocenters. The second kappa shape index (κ2) is 12.1. The Morgan fingerprint density at radius 1 is 1.07 bits per heavy atom. The fraction of sp³-hybridized carbons (Fsp3) is 0.412. The number of likely N-dealkylation sites (N-methyl/N-ethyl adjacent to an activating group) is 2. The molecule has 0 aromatic heterocycles. The number of aliphatic hydroxyl groups is 2. The molecule has 30 heavy (non-hydrogen) atoms. The van der Waals surface area contributed by atoms with Crippen LogP contribution in [-0.4, -0.2) is 78.1 Å². The highest BCUT2D eigenvalue weighted by atomic mass is 127. The van der Waals surface area contributed by atoms with E-state index < -0.39 is 42.3 Å². The number of rotatable bonds is 8. The Labute approximate surface area is 218 Å². The number of nitrogens with zero attached hydrogens (tertiary/aromatic N) is 2. The molecule has 1 rings (SSSR count). The van der Waals surface area contributed by atoms with E-state index in [0.717, 1.165) is 0 Å². The number of benzene rings is 1. The number of carbonyl (C=O) groups is 4. The summed E-state index contributed by atoms with van der Waals surface area (Å²) in [5, 5.41) is 17.9. The first-order chi connectivity index (χ1) is 13.8. The van der Waals surface area contributed by atoms with Gasteiger partial charge in [0.25, 0.3) is 17.1 Å². The highest BCUT2D eigenvalue weighted by molar-refractivity contribution is 14.1. The van der Waals surface area contributed by atoms with Gasteiger partial charge < -0.3 is 24.7 Å². The first-order valence-electron chi connectivity index (χ1n) is 8.19. The molecular formula is C17H18ClI3N2O7. The molecule has 1 aromatic carbocycles. The minimum absolute atomic E-state index is 0.0554. The number of carbonyl (C=O) groups excluding carboxylic acids is 4. The Balaban J connectivity index is 3.61. The molecule has 0 heterocycles. The SMILES string of the molecule is CC(=O)OCC(=O)N(C)c1c(I)c(C(=O)Cl)c(I)c(C(=O)N(C)CC(O)CO)c1I. The molecule has 1 unspecified atom stereocenters. The van der Waals surface area contributed by atoms with Crippen LogP contribution in [0.3, 0.4) is 0 Å². The standard InChI is InChI=1S/C17H18ClI3N2O7/c1-7(25)30-6-9(27)23(3)15-13(20)10(16(18)28)12(19)11(14(15)21)17(29)22(2)4-8(26)5-24/h8,24,26H,4-6H2,1-3H3. The third kappa shape index (κ3) is 6.60. The Morgan fingerprint density at radius 2 is 1.60 bits per heavy atom. The van der Waals surface area contributed by atoms with Crippen LogP contribution in [0.1, 0.15) is 27.6 Å². The second-order valence-electron chi connectivity index (χ2n) is 6.07. The summed E-state index contributed by atoms with van der Waals surface area (Å²) in [6.45, 7) is -0.0138. The largest absolute Gasteiger partial charge is 0.456 e. The third-order valence-corrected chi connectivity index (χ3v) is 7.22. The molecule has 1 aromatic rings. The number of hydrogen-bond acceptors (Lipinski definition) is 7. The zero-order chi connectivity index (χ0) is 23.3. The van der Waals surface area contributed by atoms with Gasteiger partial charge in [-0.2, -0.15) is 0 Å². The van der Waals surface area contributed by atoms with Crippen LogP contribution in [-0.2, 0) is 14.3 Å². The molecule has 0 saturated carbocycles. The fourth-order valence-corrected chi connectivity index (χ4v) is 7.69. The van der Waals surface area contributed by atoms with Crippen LogP contribution in [0.4, 0.5) is 5.69 Å². The first-order valence-corrected chi connectivity index (χ1v) is 11.8. The van der Waals surface area contributed by atoms with Gasteiger partial charge in [-0.3, -0.25) is 19.2 Å². The quantitative estimate of drug-likeness (QED) is 0.235. The van der Waals surface area contributed by atoms with Gasteiger partial charge in [0.2, 0.25) is 0 Å². The number of esters is 1. The molecule has 0 spiro atoms. The summed E-state index contributed by atoms with van der Waals surface area (Å²) in [6, 6.07) is 0. The highest BCUT2D eigenvalue weighted by Crippen LogP contribution is 2.38. The molecule has 0 fully saturated rings. The van der Waals surface area contributed by atoms with Crippen molar-refractivity contribution in [1.82, 2.24) is 4.90 Å². The van der Waals surface area contributed by atoms with Gasteiger partial charge in [0, 0.05) is 31.1 Å². The molecule has 0 aliphatic heterocycles. The van der Waals surface area contributed by atoms with Crippen LogP contribution < -0.4 is 4.90 Å². The van der Waals surface area contributed by atoms with Crippen molar-refractivity contribution in [3.8, 4) is 0 Å². The third-order valence-electron chi connectivity index (χ3n) is 3.85. The lowest BCUT2D eigenvalue weighted by Gasteiger charge is -2.26. The van der Waals surface area contributed by atoms with E-state index in [1.54, 1.807) is 0 Å². The molecule has 0 saturated heterocycles. The van der Waals surface area contributed by atoms with E-state index in [1.165, 1.54) is 30.8 Å². The van der Waals surface area contributed by atoms with Crippen molar-refractivity contribution in [2.45, 2.75) is 13.0 Å². The van der Waals surface area contributed by atoms with Crippen molar-refractivity contribution in [3.05, 3.63) is 21.8 Å². The maximum absolute atomic E-state index is 13.1.